The van der Waals surface area contributed by atoms with Crippen LogP contribution in [-0.2, 0) is 16.1 Å². The molecule has 2 amide bonds. The van der Waals surface area contributed by atoms with E-state index < -0.39 is 6.04 Å². The molecule has 0 heterocycles. The summed E-state index contributed by atoms with van der Waals surface area (Å²) in [6.07, 6.45) is 0.858. The molecule has 0 aliphatic heterocycles. The van der Waals surface area contributed by atoms with E-state index in [1.807, 2.05) is 61.5 Å². The average Bonchev–Trinajstić information content (AvgIpc) is 2.87. The third-order valence-corrected chi connectivity index (χ3v) is 6.46. The fourth-order valence-electron chi connectivity index (χ4n) is 4.40. The Bertz CT molecular complexity index is 1040. The summed E-state index contributed by atoms with van der Waals surface area (Å²) in [7, 11) is 0. The topological polar surface area (TPSA) is 49.4 Å². The van der Waals surface area contributed by atoms with Gasteiger partial charge in [0.2, 0.25) is 11.8 Å². The SMILES string of the molecule is CC[C@H](C(=O)NCC(C)C)N(Cc1ccccc1C)C(=O)CC(c1ccccc1)c1ccccc1. The van der Waals surface area contributed by atoms with Gasteiger partial charge >= 0.3 is 0 Å². The first-order valence-electron chi connectivity index (χ1n) is 12.6. The molecule has 184 valence electrons. The highest BCUT2D eigenvalue weighted by Gasteiger charge is 2.31. The number of nitrogens with zero attached hydrogens (tertiary/aromatic N) is 1. The number of benzene rings is 3. The number of carbonyl (C=O) groups is 2. The Morgan fingerprint density at radius 1 is 0.829 bits per heavy atom. The van der Waals surface area contributed by atoms with Crippen LogP contribution in [0.4, 0.5) is 0 Å². The van der Waals surface area contributed by atoms with Gasteiger partial charge in [-0.1, -0.05) is 106 Å². The predicted molar refractivity (Wildman–Crippen MR) is 143 cm³/mol. The third kappa shape index (κ3) is 7.29. The zero-order valence-electron chi connectivity index (χ0n) is 21.4. The molecule has 0 aromatic heterocycles. The second-order valence-corrected chi connectivity index (χ2v) is 9.59. The van der Waals surface area contributed by atoms with Crippen LogP contribution in [0.15, 0.2) is 84.9 Å². The number of aryl methyl sites for hydroxylation is 1. The second-order valence-electron chi connectivity index (χ2n) is 9.59. The highest BCUT2D eigenvalue weighted by atomic mass is 16.2. The molecule has 0 spiro atoms. The zero-order chi connectivity index (χ0) is 25.2. The van der Waals surface area contributed by atoms with Crippen LogP contribution in [0.1, 0.15) is 61.8 Å². The fourth-order valence-corrected chi connectivity index (χ4v) is 4.40. The molecule has 0 radical (unpaired) electrons. The normalized spacial score (nSPS) is 11.9. The molecule has 4 nitrogen and oxygen atoms in total. The summed E-state index contributed by atoms with van der Waals surface area (Å²) < 4.78 is 0. The standard InChI is InChI=1S/C31H38N2O2/c1-5-29(31(35)32-21-23(2)3)33(22-27-19-13-12-14-24(27)4)30(34)20-28(25-15-8-6-9-16-25)26-17-10-7-11-18-26/h6-19,23,28-29H,5,20-22H2,1-4H3,(H,32,35)/t29-/m1/s1. The first-order valence-corrected chi connectivity index (χ1v) is 12.6. The molecule has 1 N–H and O–H groups in total. The van der Waals surface area contributed by atoms with Gasteiger partial charge in [0.15, 0.2) is 0 Å². The van der Waals surface area contributed by atoms with Crippen molar-refractivity contribution in [2.45, 2.75) is 59.0 Å². The van der Waals surface area contributed by atoms with Crippen molar-refractivity contribution in [1.29, 1.82) is 0 Å². The van der Waals surface area contributed by atoms with Crippen LogP contribution in [0.2, 0.25) is 0 Å². The van der Waals surface area contributed by atoms with Crippen LogP contribution >= 0.6 is 0 Å². The Morgan fingerprint density at radius 3 is 1.89 bits per heavy atom. The van der Waals surface area contributed by atoms with Crippen molar-refractivity contribution in [2.24, 2.45) is 5.92 Å². The van der Waals surface area contributed by atoms with Crippen molar-refractivity contribution >= 4 is 11.8 Å². The molecule has 1 atom stereocenters. The van der Waals surface area contributed by atoms with Gasteiger partial charge in [-0.2, -0.15) is 0 Å². The molecule has 3 aromatic rings. The summed E-state index contributed by atoms with van der Waals surface area (Å²) in [4.78, 5) is 29.0. The minimum atomic E-state index is -0.520. The van der Waals surface area contributed by atoms with E-state index in [-0.39, 0.29) is 17.7 Å². The summed E-state index contributed by atoms with van der Waals surface area (Å²) >= 11 is 0. The first kappa shape index (κ1) is 26.2. The molecular formula is C31H38N2O2. The average molecular weight is 471 g/mol. The number of hydrogen-bond acceptors (Lipinski definition) is 2. The molecule has 0 aliphatic carbocycles. The molecule has 0 saturated carbocycles. The predicted octanol–water partition coefficient (Wildman–Crippen LogP) is 6.10. The molecule has 0 aliphatic rings. The Labute approximate surface area is 210 Å². The summed E-state index contributed by atoms with van der Waals surface area (Å²) in [5, 5.41) is 3.05. The lowest BCUT2D eigenvalue weighted by Gasteiger charge is -2.32. The van der Waals surface area contributed by atoms with E-state index >= 15 is 0 Å². The van der Waals surface area contributed by atoms with Crippen molar-refractivity contribution < 1.29 is 9.59 Å². The van der Waals surface area contributed by atoms with Gasteiger partial charge < -0.3 is 10.2 Å². The van der Waals surface area contributed by atoms with Crippen molar-refractivity contribution in [1.82, 2.24) is 10.2 Å². The first-order chi connectivity index (χ1) is 16.9. The monoisotopic (exact) mass is 470 g/mol. The summed E-state index contributed by atoms with van der Waals surface area (Å²) in [5.74, 6) is 0.162. The Kier molecular flexibility index (Phi) is 9.66. The summed E-state index contributed by atoms with van der Waals surface area (Å²) in [6, 6.07) is 27.9. The number of nitrogens with one attached hydrogen (secondary N) is 1. The van der Waals surface area contributed by atoms with Crippen molar-refractivity contribution in [3.8, 4) is 0 Å². The second kappa shape index (κ2) is 12.9. The van der Waals surface area contributed by atoms with Crippen LogP contribution in [0.3, 0.4) is 0 Å². The number of amides is 2. The van der Waals surface area contributed by atoms with Gasteiger partial charge in [-0.05, 0) is 41.5 Å². The van der Waals surface area contributed by atoms with Gasteiger partial charge in [-0.25, -0.2) is 0 Å². The Hall–Kier alpha value is -3.40. The minimum Gasteiger partial charge on any atom is -0.354 e. The third-order valence-electron chi connectivity index (χ3n) is 6.46. The number of hydrogen-bond donors (Lipinski definition) is 1. The summed E-state index contributed by atoms with van der Waals surface area (Å²) in [5.41, 5.74) is 4.37. The lowest BCUT2D eigenvalue weighted by atomic mass is 9.88. The van der Waals surface area contributed by atoms with Crippen molar-refractivity contribution in [3.05, 3.63) is 107 Å². The van der Waals surface area contributed by atoms with E-state index in [2.05, 4.69) is 56.4 Å². The molecule has 0 unspecified atom stereocenters. The van der Waals surface area contributed by atoms with E-state index in [0.29, 0.717) is 31.8 Å². The van der Waals surface area contributed by atoms with Crippen molar-refractivity contribution in [3.63, 3.8) is 0 Å². The Balaban J connectivity index is 1.94. The maximum absolute atomic E-state index is 14.0. The van der Waals surface area contributed by atoms with Gasteiger partial charge in [0.1, 0.15) is 6.04 Å². The fraction of sp³-hybridized carbons (Fsp3) is 0.355. The minimum absolute atomic E-state index is 0.0162. The van der Waals surface area contributed by atoms with Crippen LogP contribution in [0, 0.1) is 12.8 Å². The molecule has 4 heteroatoms. The van der Waals surface area contributed by atoms with E-state index in [1.54, 1.807) is 4.90 Å². The van der Waals surface area contributed by atoms with Gasteiger partial charge in [0, 0.05) is 25.4 Å². The molecule has 3 aromatic carbocycles. The van der Waals surface area contributed by atoms with Crippen LogP contribution in [0.25, 0.3) is 0 Å². The number of rotatable bonds is 11. The van der Waals surface area contributed by atoms with E-state index in [9.17, 15) is 9.59 Å². The molecule has 35 heavy (non-hydrogen) atoms. The highest BCUT2D eigenvalue weighted by molar-refractivity contribution is 5.88. The van der Waals surface area contributed by atoms with Crippen LogP contribution in [0.5, 0.6) is 0 Å². The van der Waals surface area contributed by atoms with Crippen LogP contribution < -0.4 is 5.32 Å². The van der Waals surface area contributed by atoms with E-state index in [4.69, 9.17) is 0 Å². The van der Waals surface area contributed by atoms with Crippen LogP contribution in [-0.4, -0.2) is 29.3 Å². The highest BCUT2D eigenvalue weighted by Crippen LogP contribution is 2.30. The molecule has 0 bridgehead atoms. The van der Waals surface area contributed by atoms with E-state index in [0.717, 1.165) is 22.3 Å². The maximum atomic E-state index is 14.0. The van der Waals surface area contributed by atoms with E-state index in [1.165, 1.54) is 0 Å². The molecule has 0 fully saturated rings. The van der Waals surface area contributed by atoms with Crippen molar-refractivity contribution in [2.75, 3.05) is 6.54 Å². The molecule has 0 saturated heterocycles. The number of carbonyl (C=O) groups excluding carboxylic acids is 2. The van der Waals surface area contributed by atoms with Gasteiger partial charge in [-0.15, -0.1) is 0 Å². The zero-order valence-corrected chi connectivity index (χ0v) is 21.4. The smallest absolute Gasteiger partial charge is 0.242 e. The molecular weight excluding hydrogens is 432 g/mol. The quantitative estimate of drug-likeness (QED) is 0.368. The van der Waals surface area contributed by atoms with Gasteiger partial charge in [0.05, 0.1) is 0 Å². The lowest BCUT2D eigenvalue weighted by Crippen LogP contribution is -2.49. The summed E-state index contributed by atoms with van der Waals surface area (Å²) in [6.45, 7) is 9.18. The largest absolute Gasteiger partial charge is 0.354 e. The Morgan fingerprint density at radius 2 is 1.37 bits per heavy atom. The molecule has 3 rings (SSSR count). The maximum Gasteiger partial charge on any atom is 0.242 e. The van der Waals surface area contributed by atoms with Gasteiger partial charge in [0.25, 0.3) is 0 Å². The lowest BCUT2D eigenvalue weighted by molar-refractivity contribution is -0.141. The van der Waals surface area contributed by atoms with Gasteiger partial charge in [-0.3, -0.25) is 9.59 Å².